The van der Waals surface area contributed by atoms with E-state index in [4.69, 9.17) is 0 Å². The van der Waals surface area contributed by atoms with Crippen molar-refractivity contribution in [2.75, 3.05) is 0 Å². The second kappa shape index (κ2) is 1.79. The van der Waals surface area contributed by atoms with Gasteiger partial charge in [0.25, 0.3) is 0 Å². The molecule has 0 aliphatic carbocycles. The Bertz CT molecular complexity index is 122. The molecule has 0 N–H and O–H groups in total. The van der Waals surface area contributed by atoms with Gasteiger partial charge in [-0.3, -0.25) is 0 Å². The standard InChI is InChI=1S/C6H8P/c1-5-3-4-6(2)7-5/h3-4H,1-2H3. The summed E-state index contributed by atoms with van der Waals surface area (Å²) in [5, 5.41) is 1.46. The first-order valence-electron chi connectivity index (χ1n) is 2.36. The van der Waals surface area contributed by atoms with Crippen LogP contribution in [0.2, 0.25) is 0 Å². The van der Waals surface area contributed by atoms with Gasteiger partial charge in [0.05, 0.1) is 0 Å². The van der Waals surface area contributed by atoms with Crippen LogP contribution in [-0.2, 0) is 0 Å². The van der Waals surface area contributed by atoms with Crippen molar-refractivity contribution in [3.05, 3.63) is 17.8 Å². The Morgan fingerprint density at radius 3 is 2.14 bits per heavy atom. The van der Waals surface area contributed by atoms with Crippen molar-refractivity contribution in [3.8, 4) is 0 Å². The summed E-state index contributed by atoms with van der Waals surface area (Å²) in [6, 6.07) is 0. The van der Waals surface area contributed by atoms with Crippen LogP contribution >= 0.6 is 8.20 Å². The fourth-order valence-corrected chi connectivity index (χ4v) is 1.45. The monoisotopic (exact) mass is 111 g/mol. The lowest BCUT2D eigenvalue weighted by Gasteiger charge is -1.83. The van der Waals surface area contributed by atoms with Gasteiger partial charge in [-0.1, -0.05) is 20.4 Å². The van der Waals surface area contributed by atoms with Gasteiger partial charge < -0.3 is 0 Å². The first-order chi connectivity index (χ1) is 3.29. The van der Waals surface area contributed by atoms with Gasteiger partial charge in [0, 0.05) is 5.66 Å². The van der Waals surface area contributed by atoms with Crippen molar-refractivity contribution >= 4 is 13.5 Å². The van der Waals surface area contributed by atoms with Crippen LogP contribution in [0, 0.1) is 5.66 Å². The van der Waals surface area contributed by atoms with E-state index in [1.165, 1.54) is 19.2 Å². The summed E-state index contributed by atoms with van der Waals surface area (Å²) < 4.78 is 0. The Hall–Kier alpha value is -0.0900. The molecule has 0 unspecified atom stereocenters. The molecule has 0 amide bonds. The number of rotatable bonds is 0. The zero-order valence-electron chi connectivity index (χ0n) is 4.60. The van der Waals surface area contributed by atoms with Crippen molar-refractivity contribution < 1.29 is 0 Å². The van der Waals surface area contributed by atoms with Gasteiger partial charge >= 0.3 is 0 Å². The quantitative estimate of drug-likeness (QED) is 0.420. The number of allylic oxidation sites excluding steroid dienone is 2. The van der Waals surface area contributed by atoms with E-state index in [1.54, 1.807) is 0 Å². The second-order valence-corrected chi connectivity index (χ2v) is 3.36. The molecular weight excluding hydrogens is 103 g/mol. The van der Waals surface area contributed by atoms with E-state index in [1.807, 2.05) is 0 Å². The number of hydrogen-bond acceptors (Lipinski definition) is 0. The molecule has 0 nitrogen and oxygen atoms in total. The molecule has 0 saturated carbocycles. The molecule has 37 valence electrons. The molecule has 1 aliphatic rings. The Balaban J connectivity index is 2.69. The topological polar surface area (TPSA) is 0 Å². The van der Waals surface area contributed by atoms with Crippen molar-refractivity contribution in [1.82, 2.24) is 0 Å². The molecule has 1 rings (SSSR count). The molecule has 0 spiro atoms. The zero-order chi connectivity index (χ0) is 5.28. The van der Waals surface area contributed by atoms with Crippen LogP contribution in [0.1, 0.15) is 13.8 Å². The summed E-state index contributed by atoms with van der Waals surface area (Å²) in [4.78, 5) is 0. The van der Waals surface area contributed by atoms with Gasteiger partial charge in [-0.25, -0.2) is 0 Å². The maximum atomic E-state index is 2.16. The largest absolute Gasteiger partial charge is 0.0889 e. The molecule has 1 heterocycles. The highest BCUT2D eigenvalue weighted by Gasteiger charge is 1.98. The summed E-state index contributed by atoms with van der Waals surface area (Å²) in [5.74, 6) is 0. The Kier molecular flexibility index (Phi) is 1.30. The Labute approximate surface area is 46.0 Å². The molecular formula is C6H8P. The molecule has 0 aromatic heterocycles. The molecule has 7 heavy (non-hydrogen) atoms. The first kappa shape index (κ1) is 5.05. The van der Waals surface area contributed by atoms with E-state index in [-0.39, 0.29) is 0 Å². The lowest BCUT2D eigenvalue weighted by atomic mass is 10.4. The van der Waals surface area contributed by atoms with Gasteiger partial charge in [-0.15, -0.1) is 0 Å². The van der Waals surface area contributed by atoms with Crippen molar-refractivity contribution in [2.45, 2.75) is 13.8 Å². The highest BCUT2D eigenvalue weighted by Crippen LogP contribution is 2.25. The lowest BCUT2D eigenvalue weighted by molar-refractivity contribution is 1.50. The minimum absolute atomic E-state index is 1.41. The summed E-state index contributed by atoms with van der Waals surface area (Å²) in [5.41, 5.74) is 1.46. The molecule has 1 heteroatoms. The fourth-order valence-electron chi connectivity index (χ4n) is 0.594. The van der Waals surface area contributed by atoms with E-state index in [9.17, 15) is 0 Å². The zero-order valence-corrected chi connectivity index (χ0v) is 5.50. The van der Waals surface area contributed by atoms with Gasteiger partial charge in [0.2, 0.25) is 0 Å². The lowest BCUT2D eigenvalue weighted by Crippen LogP contribution is -1.67. The Morgan fingerprint density at radius 1 is 1.29 bits per heavy atom. The maximum Gasteiger partial charge on any atom is 0.0442 e. The number of hydrogen-bond donors (Lipinski definition) is 0. The predicted molar refractivity (Wildman–Crippen MR) is 35.7 cm³/mol. The van der Waals surface area contributed by atoms with Crippen molar-refractivity contribution in [2.24, 2.45) is 0 Å². The molecule has 0 bridgehead atoms. The summed E-state index contributed by atoms with van der Waals surface area (Å²) in [6.07, 6.45) is 4.33. The highest BCUT2D eigenvalue weighted by molar-refractivity contribution is 7.45. The van der Waals surface area contributed by atoms with E-state index in [0.29, 0.717) is 0 Å². The van der Waals surface area contributed by atoms with Crippen molar-refractivity contribution in [1.29, 1.82) is 0 Å². The van der Waals surface area contributed by atoms with E-state index >= 15 is 0 Å². The third-order valence-electron chi connectivity index (χ3n) is 0.918. The summed E-state index contributed by atoms with van der Waals surface area (Å²) in [7, 11) is 1.41. The Morgan fingerprint density at radius 2 is 2.00 bits per heavy atom. The van der Waals surface area contributed by atoms with E-state index < -0.39 is 0 Å². The second-order valence-electron chi connectivity index (χ2n) is 1.73. The predicted octanol–water partition coefficient (Wildman–Crippen LogP) is 2.25. The molecule has 0 aromatic rings. The minimum Gasteiger partial charge on any atom is -0.0889 e. The molecule has 0 aromatic carbocycles. The van der Waals surface area contributed by atoms with Crippen molar-refractivity contribution in [3.63, 3.8) is 0 Å². The van der Waals surface area contributed by atoms with Gasteiger partial charge in [-0.05, 0) is 19.1 Å². The fraction of sp³-hybridized carbons (Fsp3) is 0.333. The summed E-state index contributed by atoms with van der Waals surface area (Å²) >= 11 is 0. The van der Waals surface area contributed by atoms with E-state index in [0.717, 1.165) is 0 Å². The van der Waals surface area contributed by atoms with Gasteiger partial charge in [0.1, 0.15) is 0 Å². The maximum absolute atomic E-state index is 2.16. The first-order valence-corrected chi connectivity index (χ1v) is 3.25. The average Bonchev–Trinajstić information content (AvgIpc) is 1.87. The average molecular weight is 111 g/mol. The molecule has 1 radical (unpaired) electrons. The van der Waals surface area contributed by atoms with E-state index in [2.05, 4.69) is 26.0 Å². The van der Waals surface area contributed by atoms with Gasteiger partial charge in [-0.2, -0.15) is 0 Å². The molecule has 0 atom stereocenters. The summed E-state index contributed by atoms with van der Waals surface area (Å²) in [6.45, 7) is 4.29. The van der Waals surface area contributed by atoms with Crippen LogP contribution < -0.4 is 0 Å². The van der Waals surface area contributed by atoms with Crippen LogP contribution in [-0.4, -0.2) is 5.29 Å². The third-order valence-corrected chi connectivity index (χ3v) is 1.92. The molecule has 0 fully saturated rings. The molecule has 0 saturated heterocycles. The normalized spacial score (nSPS) is 22.9. The van der Waals surface area contributed by atoms with Crippen LogP contribution in [0.15, 0.2) is 12.2 Å². The van der Waals surface area contributed by atoms with Crippen LogP contribution in [0.3, 0.4) is 0 Å². The third kappa shape index (κ3) is 1.14. The smallest absolute Gasteiger partial charge is 0.0442 e. The van der Waals surface area contributed by atoms with Crippen LogP contribution in [0.5, 0.6) is 0 Å². The minimum atomic E-state index is 1.41. The highest BCUT2D eigenvalue weighted by atomic mass is 31.1. The van der Waals surface area contributed by atoms with Crippen LogP contribution in [0.4, 0.5) is 0 Å². The molecule has 1 aliphatic heterocycles. The SMILES string of the molecule is C[C]1C=CC(C)=P1. The van der Waals surface area contributed by atoms with Crippen LogP contribution in [0.25, 0.3) is 0 Å². The van der Waals surface area contributed by atoms with Gasteiger partial charge in [0.15, 0.2) is 0 Å².